The van der Waals surface area contributed by atoms with Gasteiger partial charge in [-0.1, -0.05) is 151 Å². The molecular formula is C43H27N. The maximum absolute atomic E-state index is 7.15. The van der Waals surface area contributed by atoms with Crippen LogP contribution in [-0.2, 0) is 0 Å². The summed E-state index contributed by atoms with van der Waals surface area (Å²) >= 11 is 0. The Morgan fingerprint density at radius 3 is 1.25 bits per heavy atom. The van der Waals surface area contributed by atoms with Crippen LogP contribution in [0.3, 0.4) is 0 Å². The van der Waals surface area contributed by atoms with Crippen LogP contribution in [0.25, 0.3) is 60.8 Å². The van der Waals surface area contributed by atoms with Gasteiger partial charge in [-0.25, -0.2) is 4.85 Å². The Labute approximate surface area is 258 Å². The van der Waals surface area contributed by atoms with Crippen LogP contribution in [0.5, 0.6) is 0 Å². The molecule has 0 unspecified atom stereocenters. The molecule has 0 amide bonds. The highest BCUT2D eigenvalue weighted by atomic mass is 14.6. The number of hydrogen-bond acceptors (Lipinski definition) is 0. The molecule has 7 rings (SSSR count). The number of hydrogen-bond donors (Lipinski definition) is 0. The maximum atomic E-state index is 7.15. The van der Waals surface area contributed by atoms with Crippen LogP contribution in [0.2, 0.25) is 0 Å². The molecule has 0 fully saturated rings. The first-order valence-corrected chi connectivity index (χ1v) is 14.6. The normalized spacial score (nSPS) is 10.9. The monoisotopic (exact) mass is 557 g/mol. The molecule has 7 aromatic rings. The second kappa shape index (κ2) is 12.0. The maximum Gasteiger partial charge on any atom is 0.187 e. The molecule has 0 aromatic heterocycles. The first-order valence-electron chi connectivity index (χ1n) is 14.6. The number of rotatable bonds is 4. The lowest BCUT2D eigenvalue weighted by Crippen LogP contribution is -1.91. The molecule has 1 heteroatoms. The molecule has 44 heavy (non-hydrogen) atoms. The lowest BCUT2D eigenvalue weighted by molar-refractivity contribution is 1.61. The van der Waals surface area contributed by atoms with Crippen molar-refractivity contribution in [1.29, 1.82) is 0 Å². The fourth-order valence-electron chi connectivity index (χ4n) is 5.75. The molecule has 0 aliphatic carbocycles. The largest absolute Gasteiger partial charge is 0.238 e. The van der Waals surface area contributed by atoms with Gasteiger partial charge in [-0.05, 0) is 79.2 Å². The summed E-state index contributed by atoms with van der Waals surface area (Å²) in [5, 5.41) is 4.93. The van der Waals surface area contributed by atoms with Gasteiger partial charge in [-0.15, -0.1) is 0 Å². The second-order valence-electron chi connectivity index (χ2n) is 10.7. The molecule has 204 valence electrons. The van der Waals surface area contributed by atoms with Crippen molar-refractivity contribution in [1.82, 2.24) is 0 Å². The van der Waals surface area contributed by atoms with Crippen molar-refractivity contribution in [2.75, 3.05) is 0 Å². The Balaban J connectivity index is 1.28. The van der Waals surface area contributed by atoms with E-state index in [0.29, 0.717) is 5.69 Å². The Bertz CT molecular complexity index is 2180. The fourth-order valence-corrected chi connectivity index (χ4v) is 5.75. The Morgan fingerprint density at radius 1 is 0.409 bits per heavy atom. The average Bonchev–Trinajstić information content (AvgIpc) is 3.10. The second-order valence-corrected chi connectivity index (χ2v) is 10.7. The minimum Gasteiger partial charge on any atom is -0.238 e. The standard InChI is InChI=1S/C43H27N/c1-44-37-29-23-34(24-30-37)18-17-33-21-27-36(28-22-33)43-40-13-7-5-11-38(40)42(39-12-6-8-14-41(39)43)35-25-19-32(20-26-35)16-15-31-9-3-2-4-10-31/h2-14,17-30H. The van der Waals surface area contributed by atoms with Crippen LogP contribution in [0.1, 0.15) is 22.3 Å². The molecule has 0 aliphatic heterocycles. The summed E-state index contributed by atoms with van der Waals surface area (Å²) in [6, 6.07) is 52.6. The zero-order chi connectivity index (χ0) is 29.7. The molecule has 0 atom stereocenters. The lowest BCUT2D eigenvalue weighted by atomic mass is 9.85. The number of benzene rings is 7. The highest BCUT2D eigenvalue weighted by Crippen LogP contribution is 2.43. The summed E-state index contributed by atoms with van der Waals surface area (Å²) in [4.78, 5) is 3.47. The highest BCUT2D eigenvalue weighted by Gasteiger charge is 2.16. The first-order chi connectivity index (χ1) is 21.8. The molecule has 1 nitrogen and oxygen atoms in total. The van der Waals surface area contributed by atoms with Crippen molar-refractivity contribution in [2.45, 2.75) is 0 Å². The van der Waals surface area contributed by atoms with Crippen LogP contribution in [0.15, 0.2) is 152 Å². The fraction of sp³-hybridized carbons (Fsp3) is 0. The first kappa shape index (κ1) is 26.7. The van der Waals surface area contributed by atoms with Gasteiger partial charge < -0.3 is 0 Å². The predicted octanol–water partition coefficient (Wildman–Crippen LogP) is 11.4. The molecule has 0 bridgehead atoms. The molecule has 0 saturated heterocycles. The van der Waals surface area contributed by atoms with E-state index in [1.54, 1.807) is 0 Å². The summed E-state index contributed by atoms with van der Waals surface area (Å²) in [6.07, 6.45) is 4.20. The predicted molar refractivity (Wildman–Crippen MR) is 186 cm³/mol. The van der Waals surface area contributed by atoms with Crippen molar-refractivity contribution in [2.24, 2.45) is 0 Å². The molecule has 0 aliphatic rings. The summed E-state index contributed by atoms with van der Waals surface area (Å²) < 4.78 is 0. The Morgan fingerprint density at radius 2 is 0.795 bits per heavy atom. The third-order valence-corrected chi connectivity index (χ3v) is 7.92. The van der Waals surface area contributed by atoms with Gasteiger partial charge in [0.2, 0.25) is 0 Å². The summed E-state index contributed by atoms with van der Waals surface area (Å²) in [5.41, 5.74) is 9.73. The molecule has 0 heterocycles. The van der Waals surface area contributed by atoms with E-state index in [1.165, 1.54) is 43.8 Å². The van der Waals surface area contributed by atoms with Crippen LogP contribution >= 0.6 is 0 Å². The van der Waals surface area contributed by atoms with Gasteiger partial charge in [0.25, 0.3) is 0 Å². The van der Waals surface area contributed by atoms with E-state index >= 15 is 0 Å². The SMILES string of the molecule is [C-]#[N+]c1ccc(C=Cc2ccc(-c3c4ccccc4c(-c4ccc(C#Cc5ccccc5)cc4)c4ccccc34)cc2)cc1. The van der Waals surface area contributed by atoms with Crippen molar-refractivity contribution in [3.8, 4) is 34.1 Å². The van der Waals surface area contributed by atoms with E-state index in [2.05, 4.69) is 126 Å². The minimum absolute atomic E-state index is 0.655. The topological polar surface area (TPSA) is 4.36 Å². The van der Waals surface area contributed by atoms with Gasteiger partial charge in [0, 0.05) is 11.1 Å². The summed E-state index contributed by atoms with van der Waals surface area (Å²) in [5.74, 6) is 6.57. The summed E-state index contributed by atoms with van der Waals surface area (Å²) in [6.45, 7) is 7.15. The van der Waals surface area contributed by atoms with Crippen LogP contribution in [0, 0.1) is 18.4 Å². The van der Waals surface area contributed by atoms with Crippen molar-refractivity contribution in [3.05, 3.63) is 185 Å². The van der Waals surface area contributed by atoms with Crippen molar-refractivity contribution in [3.63, 3.8) is 0 Å². The summed E-state index contributed by atoms with van der Waals surface area (Å²) in [7, 11) is 0. The highest BCUT2D eigenvalue weighted by molar-refractivity contribution is 6.21. The Hall–Kier alpha value is -6.15. The van der Waals surface area contributed by atoms with Gasteiger partial charge >= 0.3 is 0 Å². The van der Waals surface area contributed by atoms with E-state index in [4.69, 9.17) is 6.57 Å². The number of nitrogens with zero attached hydrogens (tertiary/aromatic N) is 1. The lowest BCUT2D eigenvalue weighted by Gasteiger charge is -2.18. The van der Waals surface area contributed by atoms with Gasteiger partial charge in [0.05, 0.1) is 6.57 Å². The van der Waals surface area contributed by atoms with Crippen molar-refractivity contribution >= 4 is 39.4 Å². The minimum atomic E-state index is 0.655. The molecular weight excluding hydrogens is 530 g/mol. The third kappa shape index (κ3) is 5.39. The average molecular weight is 558 g/mol. The van der Waals surface area contributed by atoms with E-state index in [9.17, 15) is 0 Å². The molecule has 0 saturated carbocycles. The van der Waals surface area contributed by atoms with Gasteiger partial charge in [-0.3, -0.25) is 0 Å². The van der Waals surface area contributed by atoms with E-state index in [1.807, 2.05) is 54.6 Å². The van der Waals surface area contributed by atoms with E-state index in [0.717, 1.165) is 22.3 Å². The smallest absolute Gasteiger partial charge is 0.187 e. The zero-order valence-corrected chi connectivity index (χ0v) is 24.0. The van der Waals surface area contributed by atoms with E-state index < -0.39 is 0 Å². The third-order valence-electron chi connectivity index (χ3n) is 7.92. The zero-order valence-electron chi connectivity index (χ0n) is 24.0. The molecule has 7 aromatic carbocycles. The quantitative estimate of drug-likeness (QED) is 0.0877. The van der Waals surface area contributed by atoms with E-state index in [-0.39, 0.29) is 0 Å². The van der Waals surface area contributed by atoms with Gasteiger partial charge in [0.1, 0.15) is 0 Å². The van der Waals surface area contributed by atoms with Crippen LogP contribution < -0.4 is 0 Å². The van der Waals surface area contributed by atoms with Crippen molar-refractivity contribution < 1.29 is 0 Å². The Kier molecular flexibility index (Phi) is 7.28. The molecule has 0 N–H and O–H groups in total. The molecule has 0 radical (unpaired) electrons. The van der Waals surface area contributed by atoms with Crippen LogP contribution in [-0.4, -0.2) is 0 Å². The van der Waals surface area contributed by atoms with Gasteiger partial charge in [-0.2, -0.15) is 0 Å². The van der Waals surface area contributed by atoms with Gasteiger partial charge in [0.15, 0.2) is 5.69 Å². The number of fused-ring (bicyclic) bond motifs is 2. The molecule has 0 spiro atoms. The van der Waals surface area contributed by atoms with Crippen LogP contribution in [0.4, 0.5) is 5.69 Å².